The lowest BCUT2D eigenvalue weighted by atomic mass is 10.1. The Hall–Kier alpha value is -2.70. The van der Waals surface area contributed by atoms with E-state index in [0.29, 0.717) is 16.6 Å². The average Bonchev–Trinajstić information content (AvgIpc) is 3.15. The second-order valence-corrected chi connectivity index (χ2v) is 7.07. The van der Waals surface area contributed by atoms with E-state index in [0.717, 1.165) is 43.0 Å². The monoisotopic (exact) mass is 381 g/mol. The van der Waals surface area contributed by atoms with Gasteiger partial charge >= 0.3 is 0 Å². The van der Waals surface area contributed by atoms with Crippen molar-refractivity contribution in [2.24, 2.45) is 0 Å². The van der Waals surface area contributed by atoms with Gasteiger partial charge in [-0.15, -0.1) is 0 Å². The molecule has 2 N–H and O–H groups in total. The fourth-order valence-corrected chi connectivity index (χ4v) is 3.36. The first-order valence-corrected chi connectivity index (χ1v) is 9.31. The highest BCUT2D eigenvalue weighted by molar-refractivity contribution is 6.30. The normalized spacial score (nSPS) is 16.0. The second-order valence-electron chi connectivity index (χ2n) is 6.64. The van der Waals surface area contributed by atoms with Crippen LogP contribution in [0.4, 0.5) is 5.69 Å². The molecule has 0 bridgehead atoms. The Kier molecular flexibility index (Phi) is 5.18. The van der Waals surface area contributed by atoms with Gasteiger partial charge in [-0.1, -0.05) is 23.7 Å². The summed E-state index contributed by atoms with van der Waals surface area (Å²) in [5.41, 5.74) is 2.47. The van der Waals surface area contributed by atoms with Gasteiger partial charge in [-0.05, 0) is 48.4 Å². The minimum atomic E-state index is -0.150. The van der Waals surface area contributed by atoms with Crippen molar-refractivity contribution in [2.75, 3.05) is 5.32 Å². The zero-order chi connectivity index (χ0) is 18.6. The summed E-state index contributed by atoms with van der Waals surface area (Å²) >= 11 is 5.87. The van der Waals surface area contributed by atoms with Crippen LogP contribution in [0.3, 0.4) is 0 Å². The van der Waals surface area contributed by atoms with Crippen LogP contribution in [-0.4, -0.2) is 26.7 Å². The van der Waals surface area contributed by atoms with E-state index in [9.17, 15) is 4.79 Å². The number of aryl methyl sites for hydroxylation is 1. The van der Waals surface area contributed by atoms with Gasteiger partial charge < -0.3 is 10.6 Å². The quantitative estimate of drug-likeness (QED) is 0.711. The van der Waals surface area contributed by atoms with Gasteiger partial charge in [0.05, 0.1) is 6.54 Å². The molecule has 4 rings (SSSR count). The van der Waals surface area contributed by atoms with Crippen LogP contribution in [0.15, 0.2) is 54.9 Å². The van der Waals surface area contributed by atoms with Gasteiger partial charge in [0.1, 0.15) is 12.2 Å². The van der Waals surface area contributed by atoms with Crippen molar-refractivity contribution < 1.29 is 4.79 Å². The summed E-state index contributed by atoms with van der Waals surface area (Å²) in [5, 5.41) is 11.4. The maximum Gasteiger partial charge on any atom is 0.255 e. The molecule has 138 valence electrons. The fraction of sp³-hybridized carbons (Fsp3) is 0.250. The number of amides is 1. The second kappa shape index (κ2) is 7.90. The molecule has 0 aliphatic carbocycles. The molecule has 0 fully saturated rings. The van der Waals surface area contributed by atoms with E-state index in [1.807, 2.05) is 22.9 Å². The van der Waals surface area contributed by atoms with Crippen LogP contribution in [0, 0.1) is 0 Å². The SMILES string of the molecule is O=C(Nc1cccc(CNC2CCc3ncnn3C2)c1)c1ccc(Cl)cc1. The van der Waals surface area contributed by atoms with E-state index in [1.54, 1.807) is 30.6 Å². The number of carbonyl (C=O) groups is 1. The van der Waals surface area contributed by atoms with Gasteiger partial charge in [0.2, 0.25) is 0 Å². The van der Waals surface area contributed by atoms with Gasteiger partial charge in [0.25, 0.3) is 5.91 Å². The van der Waals surface area contributed by atoms with Crippen molar-refractivity contribution in [3.05, 3.63) is 76.8 Å². The van der Waals surface area contributed by atoms with E-state index in [2.05, 4.69) is 26.8 Å². The maximum atomic E-state index is 12.3. The number of aromatic nitrogens is 3. The van der Waals surface area contributed by atoms with Crippen molar-refractivity contribution >= 4 is 23.2 Å². The Morgan fingerprint density at radius 3 is 2.93 bits per heavy atom. The number of nitrogens with one attached hydrogen (secondary N) is 2. The van der Waals surface area contributed by atoms with Crippen LogP contribution < -0.4 is 10.6 Å². The molecule has 0 radical (unpaired) electrons. The first-order valence-electron chi connectivity index (χ1n) is 8.93. The molecule has 7 heteroatoms. The van der Waals surface area contributed by atoms with Crippen molar-refractivity contribution in [3.63, 3.8) is 0 Å². The molecule has 2 aromatic carbocycles. The third-order valence-corrected chi connectivity index (χ3v) is 4.94. The number of benzene rings is 2. The largest absolute Gasteiger partial charge is 0.322 e. The van der Waals surface area contributed by atoms with E-state index >= 15 is 0 Å². The molecular formula is C20H20ClN5O. The van der Waals surface area contributed by atoms with E-state index in [4.69, 9.17) is 11.6 Å². The highest BCUT2D eigenvalue weighted by Gasteiger charge is 2.19. The molecule has 1 amide bonds. The van der Waals surface area contributed by atoms with Gasteiger partial charge in [0, 0.05) is 35.3 Å². The number of rotatable bonds is 5. The zero-order valence-corrected chi connectivity index (χ0v) is 15.5. The molecule has 3 aromatic rings. The van der Waals surface area contributed by atoms with Crippen molar-refractivity contribution in [1.29, 1.82) is 0 Å². The molecule has 27 heavy (non-hydrogen) atoms. The predicted molar refractivity (Wildman–Crippen MR) is 105 cm³/mol. The third kappa shape index (κ3) is 4.35. The number of fused-ring (bicyclic) bond motifs is 1. The predicted octanol–water partition coefficient (Wildman–Crippen LogP) is 3.29. The lowest BCUT2D eigenvalue weighted by Gasteiger charge is -2.23. The van der Waals surface area contributed by atoms with Crippen LogP contribution in [0.5, 0.6) is 0 Å². The van der Waals surface area contributed by atoms with Crippen molar-refractivity contribution in [1.82, 2.24) is 20.1 Å². The van der Waals surface area contributed by atoms with E-state index in [-0.39, 0.29) is 5.91 Å². The van der Waals surface area contributed by atoms with Crippen molar-refractivity contribution in [2.45, 2.75) is 32.0 Å². The Bertz CT molecular complexity index is 938. The Balaban J connectivity index is 1.35. The van der Waals surface area contributed by atoms with Crippen LogP contribution in [-0.2, 0) is 19.5 Å². The fourth-order valence-electron chi connectivity index (χ4n) is 3.23. The molecule has 1 atom stereocenters. The molecule has 0 saturated carbocycles. The number of anilines is 1. The zero-order valence-electron chi connectivity index (χ0n) is 14.7. The smallest absolute Gasteiger partial charge is 0.255 e. The highest BCUT2D eigenvalue weighted by Crippen LogP contribution is 2.16. The van der Waals surface area contributed by atoms with Crippen LogP contribution in [0.25, 0.3) is 0 Å². The van der Waals surface area contributed by atoms with Crippen LogP contribution in [0.2, 0.25) is 5.02 Å². The number of hydrogen-bond acceptors (Lipinski definition) is 4. The molecule has 0 spiro atoms. The first kappa shape index (κ1) is 17.7. The van der Waals surface area contributed by atoms with Gasteiger partial charge in [-0.2, -0.15) is 5.10 Å². The Morgan fingerprint density at radius 2 is 2.07 bits per heavy atom. The summed E-state index contributed by atoms with van der Waals surface area (Å²) in [7, 11) is 0. The minimum Gasteiger partial charge on any atom is -0.322 e. The number of carbonyl (C=O) groups excluding carboxylic acids is 1. The van der Waals surface area contributed by atoms with E-state index < -0.39 is 0 Å². The summed E-state index contributed by atoms with van der Waals surface area (Å²) in [4.78, 5) is 16.6. The highest BCUT2D eigenvalue weighted by atomic mass is 35.5. The van der Waals surface area contributed by atoms with Gasteiger partial charge in [0.15, 0.2) is 0 Å². The first-order chi connectivity index (χ1) is 13.2. The number of nitrogens with zero attached hydrogens (tertiary/aromatic N) is 3. The molecule has 6 nitrogen and oxygen atoms in total. The molecule has 1 aliphatic heterocycles. The topological polar surface area (TPSA) is 71.8 Å². The summed E-state index contributed by atoms with van der Waals surface area (Å²) in [6.07, 6.45) is 3.60. The summed E-state index contributed by atoms with van der Waals surface area (Å²) < 4.78 is 1.96. The lowest BCUT2D eigenvalue weighted by molar-refractivity contribution is 0.102. The molecule has 1 unspecified atom stereocenters. The minimum absolute atomic E-state index is 0.150. The van der Waals surface area contributed by atoms with Crippen molar-refractivity contribution in [3.8, 4) is 0 Å². The lowest BCUT2D eigenvalue weighted by Crippen LogP contribution is -2.37. The molecular weight excluding hydrogens is 362 g/mol. The third-order valence-electron chi connectivity index (χ3n) is 4.69. The van der Waals surface area contributed by atoms with Gasteiger partial charge in [-0.25, -0.2) is 9.67 Å². The summed E-state index contributed by atoms with van der Waals surface area (Å²) in [6, 6.07) is 15.1. The molecule has 0 saturated heterocycles. The number of halogens is 1. The maximum absolute atomic E-state index is 12.3. The molecule has 1 aromatic heterocycles. The Labute approximate surface area is 162 Å². The Morgan fingerprint density at radius 1 is 1.22 bits per heavy atom. The average molecular weight is 382 g/mol. The van der Waals surface area contributed by atoms with Crippen LogP contribution in [0.1, 0.15) is 28.2 Å². The molecule has 2 heterocycles. The summed E-state index contributed by atoms with van der Waals surface area (Å²) in [5.74, 6) is 0.905. The summed E-state index contributed by atoms with van der Waals surface area (Å²) in [6.45, 7) is 1.57. The molecule has 1 aliphatic rings. The number of hydrogen-bond donors (Lipinski definition) is 2. The van der Waals surface area contributed by atoms with Gasteiger partial charge in [-0.3, -0.25) is 4.79 Å². The van der Waals surface area contributed by atoms with E-state index in [1.165, 1.54) is 0 Å². The standard InChI is InChI=1S/C20H20ClN5O/c21-16-6-4-15(5-7-16)20(27)25-17-3-1-2-14(10-17)11-22-18-8-9-19-23-13-24-26(19)12-18/h1-7,10,13,18,22H,8-9,11-12H2,(H,25,27). The van der Waals surface area contributed by atoms with Crippen LogP contribution >= 0.6 is 11.6 Å².